The van der Waals surface area contributed by atoms with Crippen LogP contribution in [0.15, 0.2) is 36.4 Å². The molecule has 0 aliphatic carbocycles. The summed E-state index contributed by atoms with van der Waals surface area (Å²) in [5.74, 6) is -0.458. The van der Waals surface area contributed by atoms with Gasteiger partial charge < -0.3 is 10.2 Å². The standard InChI is InChI=1S/C28H39Cl2N3O4S/c1-7-21(5)31-28(35)25(8-2)32(18-22-13-14-23(29)24(30)17-22)27(34)10-9-15-33(38(6,36)37)26-16-19(3)11-12-20(26)4/h11-14,16-17,21,25H,7-10,15,18H2,1-6H3,(H,31,35)/t21-,25-/m0/s1. The van der Waals surface area contributed by atoms with E-state index in [0.29, 0.717) is 28.6 Å². The van der Waals surface area contributed by atoms with Gasteiger partial charge in [0.25, 0.3) is 0 Å². The number of hydrogen-bond donors (Lipinski definition) is 1. The Morgan fingerprint density at radius 2 is 1.68 bits per heavy atom. The molecule has 38 heavy (non-hydrogen) atoms. The number of carbonyl (C=O) groups is 2. The van der Waals surface area contributed by atoms with Crippen LogP contribution in [0.4, 0.5) is 5.69 Å². The van der Waals surface area contributed by atoms with E-state index in [-0.39, 0.29) is 37.4 Å². The van der Waals surface area contributed by atoms with Crippen molar-refractivity contribution in [2.75, 3.05) is 17.1 Å². The average Bonchev–Trinajstić information content (AvgIpc) is 2.84. The molecule has 10 heteroatoms. The summed E-state index contributed by atoms with van der Waals surface area (Å²) >= 11 is 12.3. The van der Waals surface area contributed by atoms with Crippen LogP contribution >= 0.6 is 23.2 Å². The van der Waals surface area contributed by atoms with Crippen LogP contribution in [0.5, 0.6) is 0 Å². The maximum Gasteiger partial charge on any atom is 0.243 e. The fraction of sp³-hybridized carbons (Fsp3) is 0.500. The largest absolute Gasteiger partial charge is 0.352 e. The highest BCUT2D eigenvalue weighted by atomic mass is 35.5. The van der Waals surface area contributed by atoms with Crippen LogP contribution in [0.25, 0.3) is 0 Å². The molecule has 0 heterocycles. The fourth-order valence-corrected chi connectivity index (χ4v) is 5.50. The van der Waals surface area contributed by atoms with E-state index in [1.807, 2.05) is 52.8 Å². The SMILES string of the molecule is CC[C@H](C)NC(=O)[C@H](CC)N(Cc1ccc(Cl)c(Cl)c1)C(=O)CCCN(c1cc(C)ccc1C)S(C)(=O)=O. The smallest absolute Gasteiger partial charge is 0.243 e. The molecule has 2 aromatic rings. The molecule has 2 amide bonds. The maximum atomic E-state index is 13.6. The number of halogens is 2. The van der Waals surface area contributed by atoms with Gasteiger partial charge in [0, 0.05) is 25.6 Å². The quantitative estimate of drug-likeness (QED) is 0.319. The molecule has 2 aromatic carbocycles. The highest BCUT2D eigenvalue weighted by Gasteiger charge is 2.29. The molecular formula is C28H39Cl2N3O4S. The van der Waals surface area contributed by atoms with Gasteiger partial charge in [-0.1, -0.05) is 55.2 Å². The van der Waals surface area contributed by atoms with Gasteiger partial charge in [-0.25, -0.2) is 8.42 Å². The number of nitrogens with zero attached hydrogens (tertiary/aromatic N) is 2. The van der Waals surface area contributed by atoms with Gasteiger partial charge >= 0.3 is 0 Å². The molecular weight excluding hydrogens is 545 g/mol. The average molecular weight is 585 g/mol. The zero-order chi connectivity index (χ0) is 28.6. The van der Waals surface area contributed by atoms with Crippen LogP contribution in [0.1, 0.15) is 63.1 Å². The van der Waals surface area contributed by atoms with Crippen LogP contribution in [0.3, 0.4) is 0 Å². The Bertz CT molecular complexity index is 1240. The zero-order valence-corrected chi connectivity index (χ0v) is 25.4. The molecule has 210 valence electrons. The highest BCUT2D eigenvalue weighted by molar-refractivity contribution is 7.92. The summed E-state index contributed by atoms with van der Waals surface area (Å²) < 4.78 is 26.6. The summed E-state index contributed by atoms with van der Waals surface area (Å²) in [6, 6.07) is 10.1. The predicted octanol–water partition coefficient (Wildman–Crippen LogP) is 5.88. The van der Waals surface area contributed by atoms with Gasteiger partial charge in [0.15, 0.2) is 0 Å². The molecule has 0 fully saturated rings. The topological polar surface area (TPSA) is 86.8 Å². The van der Waals surface area contributed by atoms with Crippen molar-refractivity contribution in [3.63, 3.8) is 0 Å². The van der Waals surface area contributed by atoms with Crippen LogP contribution in [0.2, 0.25) is 10.0 Å². The van der Waals surface area contributed by atoms with Gasteiger partial charge in [-0.05, 0) is 74.9 Å². The number of rotatable bonds is 13. The number of aryl methyl sites for hydroxylation is 2. The van der Waals surface area contributed by atoms with Crippen molar-refractivity contribution in [3.8, 4) is 0 Å². The summed E-state index contributed by atoms with van der Waals surface area (Å²) in [5.41, 5.74) is 3.13. The van der Waals surface area contributed by atoms with E-state index in [4.69, 9.17) is 23.2 Å². The molecule has 0 bridgehead atoms. The number of nitrogens with one attached hydrogen (secondary N) is 1. The maximum absolute atomic E-state index is 13.6. The lowest BCUT2D eigenvalue weighted by molar-refractivity contribution is -0.141. The Morgan fingerprint density at radius 1 is 1.00 bits per heavy atom. The van der Waals surface area contributed by atoms with E-state index in [1.54, 1.807) is 23.1 Å². The lowest BCUT2D eigenvalue weighted by atomic mass is 10.1. The Hall–Kier alpha value is -2.29. The normalized spacial score (nSPS) is 13.1. The minimum absolute atomic E-state index is 0.0284. The van der Waals surface area contributed by atoms with Gasteiger partial charge in [0.2, 0.25) is 21.8 Å². The second-order valence-electron chi connectivity index (χ2n) is 9.74. The van der Waals surface area contributed by atoms with Crippen molar-refractivity contribution in [3.05, 3.63) is 63.1 Å². The van der Waals surface area contributed by atoms with Crippen molar-refractivity contribution in [2.24, 2.45) is 0 Å². The van der Waals surface area contributed by atoms with Crippen molar-refractivity contribution in [1.29, 1.82) is 0 Å². The molecule has 0 unspecified atom stereocenters. The molecule has 2 rings (SSSR count). The number of hydrogen-bond acceptors (Lipinski definition) is 4. The number of carbonyl (C=O) groups excluding carboxylic acids is 2. The van der Waals surface area contributed by atoms with E-state index >= 15 is 0 Å². The molecule has 0 aliphatic heterocycles. The fourth-order valence-electron chi connectivity index (χ4n) is 4.17. The van der Waals surface area contributed by atoms with E-state index in [9.17, 15) is 18.0 Å². The molecule has 1 N–H and O–H groups in total. The van der Waals surface area contributed by atoms with E-state index < -0.39 is 16.1 Å². The van der Waals surface area contributed by atoms with Gasteiger partial charge in [-0.2, -0.15) is 0 Å². The molecule has 0 saturated heterocycles. The van der Waals surface area contributed by atoms with Gasteiger partial charge in [0.1, 0.15) is 6.04 Å². The first-order valence-corrected chi connectivity index (χ1v) is 15.5. The second-order valence-corrected chi connectivity index (χ2v) is 12.5. The van der Waals surface area contributed by atoms with Crippen LogP contribution in [-0.4, -0.2) is 50.0 Å². The van der Waals surface area contributed by atoms with Crippen molar-refractivity contribution >= 4 is 50.7 Å². The molecule has 0 aliphatic rings. The first-order valence-electron chi connectivity index (χ1n) is 12.9. The zero-order valence-electron chi connectivity index (χ0n) is 23.1. The lowest BCUT2D eigenvalue weighted by Crippen LogP contribution is -2.50. The molecule has 0 spiro atoms. The number of sulfonamides is 1. The number of benzene rings is 2. The van der Waals surface area contributed by atoms with E-state index in [0.717, 1.165) is 23.1 Å². The predicted molar refractivity (Wildman–Crippen MR) is 156 cm³/mol. The summed E-state index contributed by atoms with van der Waals surface area (Å²) in [6.45, 7) is 9.85. The van der Waals surface area contributed by atoms with Crippen molar-refractivity contribution in [2.45, 2.75) is 78.9 Å². The van der Waals surface area contributed by atoms with E-state index in [2.05, 4.69) is 5.32 Å². The van der Waals surface area contributed by atoms with Crippen molar-refractivity contribution < 1.29 is 18.0 Å². The van der Waals surface area contributed by atoms with Crippen LogP contribution in [-0.2, 0) is 26.2 Å². The first kappa shape index (κ1) is 31.9. The van der Waals surface area contributed by atoms with E-state index in [1.165, 1.54) is 10.6 Å². The van der Waals surface area contributed by atoms with Gasteiger partial charge in [-0.15, -0.1) is 0 Å². The first-order chi connectivity index (χ1) is 17.8. The third-order valence-corrected chi connectivity index (χ3v) is 8.43. The Kier molecular flexibility index (Phi) is 11.9. The summed E-state index contributed by atoms with van der Waals surface area (Å²) in [6.07, 6.45) is 2.72. The molecule has 2 atom stereocenters. The third-order valence-electron chi connectivity index (χ3n) is 6.51. The Labute approximate surface area is 237 Å². The number of amides is 2. The molecule has 0 aromatic heterocycles. The summed E-state index contributed by atoms with van der Waals surface area (Å²) in [7, 11) is -3.57. The molecule has 0 radical (unpaired) electrons. The second kappa shape index (κ2) is 14.2. The van der Waals surface area contributed by atoms with Crippen LogP contribution < -0.4 is 9.62 Å². The van der Waals surface area contributed by atoms with Gasteiger partial charge in [-0.3, -0.25) is 13.9 Å². The minimum Gasteiger partial charge on any atom is -0.352 e. The highest BCUT2D eigenvalue weighted by Crippen LogP contribution is 2.26. The van der Waals surface area contributed by atoms with Gasteiger partial charge in [0.05, 0.1) is 22.0 Å². The molecule has 7 nitrogen and oxygen atoms in total. The van der Waals surface area contributed by atoms with Crippen LogP contribution in [0, 0.1) is 13.8 Å². The third kappa shape index (κ3) is 8.89. The van der Waals surface area contributed by atoms with Crippen molar-refractivity contribution in [1.82, 2.24) is 10.2 Å². The lowest BCUT2D eigenvalue weighted by Gasteiger charge is -2.32. The monoisotopic (exact) mass is 583 g/mol. The molecule has 0 saturated carbocycles. The minimum atomic E-state index is -3.57. The number of anilines is 1. The summed E-state index contributed by atoms with van der Waals surface area (Å²) in [4.78, 5) is 28.3. The Balaban J connectivity index is 2.29. The Morgan fingerprint density at radius 3 is 2.26 bits per heavy atom. The summed E-state index contributed by atoms with van der Waals surface area (Å²) in [5, 5.41) is 3.75.